The summed E-state index contributed by atoms with van der Waals surface area (Å²) in [6.07, 6.45) is 0.597. The average molecular weight is 491 g/mol. The van der Waals surface area contributed by atoms with Gasteiger partial charge < -0.3 is 24.6 Å². The average Bonchev–Trinajstić information content (AvgIpc) is 3.04. The van der Waals surface area contributed by atoms with Crippen LogP contribution in [0, 0.1) is 5.82 Å². The van der Waals surface area contributed by atoms with Crippen LogP contribution >= 0.6 is 35.6 Å². The first kappa shape index (κ1) is 23.6. The van der Waals surface area contributed by atoms with E-state index in [4.69, 9.17) is 27.6 Å². The summed E-state index contributed by atoms with van der Waals surface area (Å²) in [5.41, 5.74) is -0.201. The van der Waals surface area contributed by atoms with Crippen LogP contribution in [0.2, 0.25) is 10.0 Å². The van der Waals surface area contributed by atoms with E-state index in [2.05, 4.69) is 0 Å². The molecule has 166 valence electrons. The number of phenolic OH excluding ortho intramolecular Hbond substituents is 2. The number of hydrogen-bond acceptors (Lipinski definition) is 6. The molecule has 2 aromatic carbocycles. The van der Waals surface area contributed by atoms with E-state index in [0.717, 1.165) is 18.2 Å². The highest BCUT2D eigenvalue weighted by molar-refractivity contribution is 6.36. The summed E-state index contributed by atoms with van der Waals surface area (Å²) in [6.45, 7) is 0.497. The molecule has 0 aliphatic carbocycles. The van der Waals surface area contributed by atoms with Gasteiger partial charge in [-0.25, -0.2) is 4.39 Å². The van der Waals surface area contributed by atoms with Gasteiger partial charge in [0.25, 0.3) is 0 Å². The van der Waals surface area contributed by atoms with Gasteiger partial charge in [0.2, 0.25) is 0 Å². The van der Waals surface area contributed by atoms with Gasteiger partial charge in [-0.3, -0.25) is 4.79 Å². The molecular weight excluding hydrogens is 472 g/mol. The molecule has 0 amide bonds. The quantitative estimate of drug-likeness (QED) is 0.468. The van der Waals surface area contributed by atoms with Gasteiger partial charge in [0.15, 0.2) is 5.43 Å². The Kier molecular flexibility index (Phi) is 6.74. The first-order chi connectivity index (χ1) is 14.2. The smallest absolute Gasteiger partial charge is 0.197 e. The molecule has 1 fully saturated rings. The Bertz CT molecular complexity index is 1220. The van der Waals surface area contributed by atoms with E-state index in [9.17, 15) is 24.5 Å². The number of aromatic hydroxyl groups is 2. The summed E-state index contributed by atoms with van der Waals surface area (Å²) in [5, 5.41) is 30.5. The Labute approximate surface area is 192 Å². The standard InChI is InChI=1S/C21H18Cl2FNO5.ClH/c1-25-3-2-9(14(25)8-26)19-15(27)6-16(28)20-17(29)7-18(30-21(19)20)10-4-13(24)12(23)5-11(10)22;/h4-7,9,14,26-28H,2-3,8H2,1H3;1H. The molecular formula is C21H19Cl3FNO5. The molecule has 0 spiro atoms. The van der Waals surface area contributed by atoms with Crippen LogP contribution < -0.4 is 5.43 Å². The molecule has 1 aromatic heterocycles. The number of phenols is 2. The fourth-order valence-corrected chi connectivity index (χ4v) is 4.61. The molecule has 2 atom stereocenters. The van der Waals surface area contributed by atoms with Crippen molar-refractivity contribution in [1.29, 1.82) is 0 Å². The van der Waals surface area contributed by atoms with Crippen LogP contribution in [0.1, 0.15) is 17.9 Å². The molecule has 1 saturated heterocycles. The summed E-state index contributed by atoms with van der Waals surface area (Å²) in [6, 6.07) is 4.13. The summed E-state index contributed by atoms with van der Waals surface area (Å²) in [4.78, 5) is 14.8. The zero-order valence-electron chi connectivity index (χ0n) is 16.2. The van der Waals surface area contributed by atoms with E-state index in [-0.39, 0.29) is 69.1 Å². The highest BCUT2D eigenvalue weighted by Crippen LogP contribution is 2.44. The van der Waals surface area contributed by atoms with Crippen molar-refractivity contribution < 1.29 is 24.1 Å². The molecule has 0 saturated carbocycles. The lowest BCUT2D eigenvalue weighted by Gasteiger charge is -2.24. The maximum Gasteiger partial charge on any atom is 0.197 e. The second kappa shape index (κ2) is 8.84. The van der Waals surface area contributed by atoms with Gasteiger partial charge in [0.1, 0.15) is 34.0 Å². The number of likely N-dealkylation sites (N-methyl/N-ethyl adjacent to an activating group) is 1. The molecule has 6 nitrogen and oxygen atoms in total. The first-order valence-corrected chi connectivity index (χ1v) is 9.97. The fraction of sp³-hybridized carbons (Fsp3) is 0.286. The molecule has 1 aliphatic heterocycles. The maximum absolute atomic E-state index is 14.0. The number of nitrogens with zero attached hydrogens (tertiary/aromatic N) is 1. The van der Waals surface area contributed by atoms with Crippen LogP contribution in [0.5, 0.6) is 11.5 Å². The molecule has 3 aromatic rings. The van der Waals surface area contributed by atoms with Crippen molar-refractivity contribution in [3.8, 4) is 22.8 Å². The number of fused-ring (bicyclic) bond motifs is 1. The molecule has 0 bridgehead atoms. The normalized spacial score (nSPS) is 19.0. The number of aliphatic hydroxyl groups is 1. The topological polar surface area (TPSA) is 94.1 Å². The van der Waals surface area contributed by atoms with Crippen LogP contribution in [0.4, 0.5) is 4.39 Å². The van der Waals surface area contributed by atoms with Gasteiger partial charge in [-0.1, -0.05) is 23.2 Å². The minimum atomic E-state index is -0.740. The largest absolute Gasteiger partial charge is 0.507 e. The number of likely N-dealkylation sites (tertiary alicyclic amines) is 1. The highest BCUT2D eigenvalue weighted by atomic mass is 35.5. The van der Waals surface area contributed by atoms with Crippen LogP contribution in [0.25, 0.3) is 22.3 Å². The van der Waals surface area contributed by atoms with Gasteiger partial charge in [-0.2, -0.15) is 0 Å². The van der Waals surface area contributed by atoms with Crippen molar-refractivity contribution in [3.05, 3.63) is 55.9 Å². The van der Waals surface area contributed by atoms with E-state index in [0.29, 0.717) is 18.5 Å². The van der Waals surface area contributed by atoms with Crippen LogP contribution in [-0.4, -0.2) is 46.5 Å². The van der Waals surface area contributed by atoms with Gasteiger partial charge in [0.05, 0.1) is 16.7 Å². The number of hydrogen-bond donors (Lipinski definition) is 3. The maximum atomic E-state index is 14.0. The summed E-state index contributed by atoms with van der Waals surface area (Å²) >= 11 is 11.9. The van der Waals surface area contributed by atoms with Gasteiger partial charge in [0, 0.05) is 35.2 Å². The van der Waals surface area contributed by atoms with Gasteiger partial charge >= 0.3 is 0 Å². The third-order valence-electron chi connectivity index (χ3n) is 5.65. The van der Waals surface area contributed by atoms with Gasteiger partial charge in [-0.15, -0.1) is 12.4 Å². The monoisotopic (exact) mass is 489 g/mol. The van der Waals surface area contributed by atoms with Crippen molar-refractivity contribution in [2.75, 3.05) is 20.2 Å². The zero-order valence-corrected chi connectivity index (χ0v) is 18.6. The Morgan fingerprint density at radius 3 is 2.55 bits per heavy atom. The lowest BCUT2D eigenvalue weighted by Crippen LogP contribution is -2.32. The number of aliphatic hydroxyl groups excluding tert-OH is 1. The third kappa shape index (κ3) is 3.97. The SMILES string of the molecule is CN1CCC(c2c(O)cc(O)c3c(=O)cc(-c4cc(F)c(Cl)cc4Cl)oc23)C1CO.Cl. The van der Waals surface area contributed by atoms with Gasteiger partial charge in [-0.05, 0) is 32.1 Å². The predicted molar refractivity (Wildman–Crippen MR) is 119 cm³/mol. The van der Waals surface area contributed by atoms with Crippen molar-refractivity contribution in [2.45, 2.75) is 18.4 Å². The minimum Gasteiger partial charge on any atom is -0.507 e. The Hall–Kier alpha value is -2.03. The molecule has 31 heavy (non-hydrogen) atoms. The second-order valence-electron chi connectivity index (χ2n) is 7.38. The van der Waals surface area contributed by atoms with E-state index in [1.807, 2.05) is 11.9 Å². The summed E-state index contributed by atoms with van der Waals surface area (Å²) in [5.74, 6) is -1.82. The van der Waals surface area contributed by atoms with Crippen molar-refractivity contribution in [1.82, 2.24) is 4.90 Å². The van der Waals surface area contributed by atoms with E-state index < -0.39 is 17.0 Å². The lowest BCUT2D eigenvalue weighted by molar-refractivity contribution is 0.172. The summed E-state index contributed by atoms with van der Waals surface area (Å²) in [7, 11) is 1.85. The van der Waals surface area contributed by atoms with Crippen molar-refractivity contribution in [2.24, 2.45) is 0 Å². The molecule has 2 unspecified atom stereocenters. The molecule has 4 rings (SSSR count). The molecule has 2 heterocycles. The first-order valence-electron chi connectivity index (χ1n) is 9.21. The molecule has 1 aliphatic rings. The highest BCUT2D eigenvalue weighted by Gasteiger charge is 2.36. The molecule has 0 radical (unpaired) electrons. The zero-order chi connectivity index (χ0) is 21.7. The third-order valence-corrected chi connectivity index (χ3v) is 6.26. The second-order valence-corrected chi connectivity index (χ2v) is 8.19. The predicted octanol–water partition coefficient (Wildman–Crippen LogP) is 4.52. The molecule has 10 heteroatoms. The Morgan fingerprint density at radius 1 is 1.16 bits per heavy atom. The van der Waals surface area contributed by atoms with Crippen LogP contribution in [0.3, 0.4) is 0 Å². The molecule has 3 N–H and O–H groups in total. The minimum absolute atomic E-state index is 0. The van der Waals surface area contributed by atoms with Crippen LogP contribution in [0.15, 0.2) is 33.5 Å². The van der Waals surface area contributed by atoms with Crippen molar-refractivity contribution >= 4 is 46.6 Å². The van der Waals surface area contributed by atoms with E-state index >= 15 is 0 Å². The Morgan fingerprint density at radius 2 is 1.87 bits per heavy atom. The number of halogens is 4. The van der Waals surface area contributed by atoms with Crippen LogP contribution in [-0.2, 0) is 0 Å². The fourth-order valence-electron chi connectivity index (χ4n) is 4.14. The summed E-state index contributed by atoms with van der Waals surface area (Å²) < 4.78 is 20.0. The Balaban J connectivity index is 0.00000272. The van der Waals surface area contributed by atoms with Crippen molar-refractivity contribution in [3.63, 3.8) is 0 Å². The van der Waals surface area contributed by atoms with E-state index in [1.54, 1.807) is 0 Å². The lowest BCUT2D eigenvalue weighted by atomic mass is 9.89. The number of benzene rings is 2. The number of rotatable bonds is 3. The van der Waals surface area contributed by atoms with E-state index in [1.165, 1.54) is 6.07 Å².